The van der Waals surface area contributed by atoms with E-state index >= 15 is 0 Å². The molecule has 3 N–H and O–H groups in total. The Labute approximate surface area is 198 Å². The van der Waals surface area contributed by atoms with Crippen LogP contribution >= 0.6 is 0 Å². The average Bonchev–Trinajstić information content (AvgIpc) is 2.78. The number of pyridine rings is 1. The van der Waals surface area contributed by atoms with Crippen molar-refractivity contribution in [2.75, 3.05) is 12.3 Å². The number of nitrogens with zero attached hydrogens (tertiary/aromatic N) is 1. The van der Waals surface area contributed by atoms with Gasteiger partial charge in [0.1, 0.15) is 12.4 Å². The lowest BCUT2D eigenvalue weighted by molar-refractivity contribution is -0.125. The Balaban J connectivity index is 1.63. The van der Waals surface area contributed by atoms with E-state index in [4.69, 9.17) is 19.6 Å². The molecule has 1 aromatic heterocycles. The molecule has 176 valence electrons. The number of aromatic nitrogens is 1. The molecule has 1 unspecified atom stereocenters. The minimum absolute atomic E-state index is 0.0260. The van der Waals surface area contributed by atoms with Crippen LogP contribution in [0.15, 0.2) is 77.7 Å². The summed E-state index contributed by atoms with van der Waals surface area (Å²) in [6, 6.07) is 20.9. The first-order valence-electron chi connectivity index (χ1n) is 10.7. The number of fused-ring (bicyclic) bond motifs is 1. The van der Waals surface area contributed by atoms with E-state index in [1.165, 1.54) is 19.1 Å². The van der Waals surface area contributed by atoms with Gasteiger partial charge in [0, 0.05) is 29.6 Å². The van der Waals surface area contributed by atoms with Crippen LogP contribution in [0.3, 0.4) is 0 Å². The van der Waals surface area contributed by atoms with Gasteiger partial charge in [-0.25, -0.2) is 9.17 Å². The van der Waals surface area contributed by atoms with Gasteiger partial charge in [-0.1, -0.05) is 35.9 Å². The first-order chi connectivity index (χ1) is 16.1. The van der Waals surface area contributed by atoms with Gasteiger partial charge in [-0.05, 0) is 55.8 Å². The number of benzene rings is 3. The predicted octanol–water partition coefficient (Wildman–Crippen LogP) is 4.59. The summed E-state index contributed by atoms with van der Waals surface area (Å²) in [7, 11) is -4.17. The van der Waals surface area contributed by atoms with Crippen LogP contribution in [0.25, 0.3) is 22.2 Å². The van der Waals surface area contributed by atoms with Crippen molar-refractivity contribution in [2.24, 2.45) is 0 Å². The Morgan fingerprint density at radius 3 is 2.29 bits per heavy atom. The Morgan fingerprint density at radius 1 is 0.941 bits per heavy atom. The van der Waals surface area contributed by atoms with E-state index in [1.807, 2.05) is 44.2 Å². The van der Waals surface area contributed by atoms with Gasteiger partial charge >= 0.3 is 10.1 Å². The van der Waals surface area contributed by atoms with Gasteiger partial charge in [-0.3, -0.25) is 0 Å². The maximum absolute atomic E-state index is 12.7. The SMILES string of the molecule is Cc1ccc(S(=O)(=O)OC(C)(CO)Oc2ccc3ccc(-c4ccc(C)cc4N)nc3c2)cc1. The topological polar surface area (TPSA) is 112 Å². The van der Waals surface area contributed by atoms with Crippen LogP contribution in [0.5, 0.6) is 5.75 Å². The van der Waals surface area contributed by atoms with Crippen molar-refractivity contribution < 1.29 is 22.4 Å². The second-order valence-electron chi connectivity index (χ2n) is 8.39. The quantitative estimate of drug-likeness (QED) is 0.227. The fraction of sp³-hybridized carbons (Fsp3) is 0.192. The second-order valence-corrected chi connectivity index (χ2v) is 9.93. The number of rotatable bonds is 7. The molecular formula is C26H26N2O5S. The maximum Gasteiger partial charge on any atom is 0.300 e. The molecule has 0 aliphatic carbocycles. The summed E-state index contributed by atoms with van der Waals surface area (Å²) in [5.74, 6) is -1.54. The van der Waals surface area contributed by atoms with Crippen LogP contribution < -0.4 is 10.5 Å². The number of anilines is 1. The molecule has 0 saturated heterocycles. The Morgan fingerprint density at radius 2 is 1.62 bits per heavy atom. The molecule has 0 aliphatic heterocycles. The third-order valence-corrected chi connectivity index (χ3v) is 6.78. The Hall–Kier alpha value is -3.46. The van der Waals surface area contributed by atoms with E-state index in [0.29, 0.717) is 22.6 Å². The predicted molar refractivity (Wildman–Crippen MR) is 132 cm³/mol. The fourth-order valence-corrected chi connectivity index (χ4v) is 4.65. The van der Waals surface area contributed by atoms with Crippen molar-refractivity contribution in [1.29, 1.82) is 0 Å². The second kappa shape index (κ2) is 9.06. The van der Waals surface area contributed by atoms with Gasteiger partial charge < -0.3 is 15.6 Å². The lowest BCUT2D eigenvalue weighted by atomic mass is 10.1. The van der Waals surface area contributed by atoms with E-state index in [2.05, 4.69) is 0 Å². The third-order valence-electron chi connectivity index (χ3n) is 5.36. The van der Waals surface area contributed by atoms with E-state index in [-0.39, 0.29) is 4.90 Å². The molecule has 0 amide bonds. The zero-order chi connectivity index (χ0) is 24.5. The molecular weight excluding hydrogens is 452 g/mol. The molecule has 0 fully saturated rings. The van der Waals surface area contributed by atoms with Crippen LogP contribution in [-0.2, 0) is 14.3 Å². The molecule has 1 atom stereocenters. The lowest BCUT2D eigenvalue weighted by Gasteiger charge is -2.28. The smallest absolute Gasteiger partial charge is 0.300 e. The summed E-state index contributed by atoms with van der Waals surface area (Å²) in [5.41, 5.74) is 10.9. The third kappa shape index (κ3) is 5.04. The highest BCUT2D eigenvalue weighted by Gasteiger charge is 2.34. The number of ether oxygens (including phenoxy) is 1. The van der Waals surface area contributed by atoms with Crippen molar-refractivity contribution in [3.05, 3.63) is 83.9 Å². The molecule has 0 saturated carbocycles. The molecule has 7 nitrogen and oxygen atoms in total. The highest BCUT2D eigenvalue weighted by Crippen LogP contribution is 2.30. The number of aliphatic hydroxyl groups excluding tert-OH is 1. The van der Waals surface area contributed by atoms with Crippen LogP contribution in [0.1, 0.15) is 18.1 Å². The molecule has 0 spiro atoms. The van der Waals surface area contributed by atoms with Crippen LogP contribution in [0.4, 0.5) is 5.69 Å². The minimum Gasteiger partial charge on any atom is -0.459 e. The van der Waals surface area contributed by atoms with Crippen molar-refractivity contribution in [3.63, 3.8) is 0 Å². The molecule has 4 aromatic rings. The van der Waals surface area contributed by atoms with Gasteiger partial charge in [0.25, 0.3) is 0 Å². The van der Waals surface area contributed by atoms with E-state index in [9.17, 15) is 13.5 Å². The summed E-state index contributed by atoms with van der Waals surface area (Å²) < 4.78 is 36.6. The molecule has 0 bridgehead atoms. The minimum atomic E-state index is -4.17. The highest BCUT2D eigenvalue weighted by atomic mass is 32.2. The molecule has 4 rings (SSSR count). The number of aryl methyl sites for hydroxylation is 2. The first-order valence-corrected chi connectivity index (χ1v) is 12.1. The van der Waals surface area contributed by atoms with Gasteiger partial charge in [0.15, 0.2) is 0 Å². The summed E-state index contributed by atoms with van der Waals surface area (Å²) in [5, 5.41) is 10.8. The zero-order valence-electron chi connectivity index (χ0n) is 19.1. The van der Waals surface area contributed by atoms with Gasteiger partial charge in [-0.15, -0.1) is 0 Å². The molecule has 0 aliphatic rings. The number of hydrogen-bond acceptors (Lipinski definition) is 7. The van der Waals surface area contributed by atoms with Crippen molar-refractivity contribution in [3.8, 4) is 17.0 Å². The standard InChI is InChI=1S/C26H26N2O5S/c1-17-4-10-21(11-5-17)34(30,31)33-26(3,16-29)32-20-9-7-19-8-13-24(28-25(19)15-20)22-12-6-18(2)14-23(22)27/h4-15,29H,16,27H2,1-3H3. The molecule has 3 aromatic carbocycles. The summed E-state index contributed by atoms with van der Waals surface area (Å²) in [6.07, 6.45) is 0. The summed E-state index contributed by atoms with van der Waals surface area (Å²) in [6.45, 7) is 4.49. The summed E-state index contributed by atoms with van der Waals surface area (Å²) in [4.78, 5) is 4.68. The number of nitrogen functional groups attached to an aromatic ring is 1. The van der Waals surface area contributed by atoms with Gasteiger partial charge in [-0.2, -0.15) is 8.42 Å². The van der Waals surface area contributed by atoms with Crippen LogP contribution in [-0.4, -0.2) is 30.9 Å². The average molecular weight is 479 g/mol. The lowest BCUT2D eigenvalue weighted by Crippen LogP contribution is -2.41. The van der Waals surface area contributed by atoms with Crippen LogP contribution in [0, 0.1) is 13.8 Å². The number of hydrogen-bond donors (Lipinski definition) is 2. The summed E-state index contributed by atoms with van der Waals surface area (Å²) >= 11 is 0. The van der Waals surface area contributed by atoms with Crippen molar-refractivity contribution in [1.82, 2.24) is 4.98 Å². The molecule has 34 heavy (non-hydrogen) atoms. The molecule has 0 radical (unpaired) electrons. The van der Waals surface area contributed by atoms with E-state index in [1.54, 1.807) is 30.3 Å². The van der Waals surface area contributed by atoms with Crippen LogP contribution in [0.2, 0.25) is 0 Å². The normalized spacial score (nSPS) is 13.5. The first kappa shape index (κ1) is 23.7. The van der Waals surface area contributed by atoms with Crippen molar-refractivity contribution >= 4 is 26.7 Å². The maximum atomic E-state index is 12.7. The van der Waals surface area contributed by atoms with Gasteiger partial charge in [0.05, 0.1) is 16.1 Å². The number of nitrogens with two attached hydrogens (primary N) is 1. The monoisotopic (exact) mass is 478 g/mol. The van der Waals surface area contributed by atoms with E-state index < -0.39 is 22.5 Å². The Bertz CT molecular complexity index is 1450. The molecule has 1 heterocycles. The van der Waals surface area contributed by atoms with E-state index in [0.717, 1.165) is 22.1 Å². The van der Waals surface area contributed by atoms with Crippen molar-refractivity contribution in [2.45, 2.75) is 31.5 Å². The molecule has 8 heteroatoms. The zero-order valence-corrected chi connectivity index (χ0v) is 20.0. The fourth-order valence-electron chi connectivity index (χ4n) is 3.54. The Kier molecular flexibility index (Phi) is 6.31. The largest absolute Gasteiger partial charge is 0.459 e. The number of aliphatic hydroxyl groups is 1. The van der Waals surface area contributed by atoms with Gasteiger partial charge in [0.2, 0.25) is 5.79 Å². The highest BCUT2D eigenvalue weighted by molar-refractivity contribution is 7.86.